The van der Waals surface area contributed by atoms with Crippen LogP contribution in [0.5, 0.6) is 0 Å². The summed E-state index contributed by atoms with van der Waals surface area (Å²) in [7, 11) is 0. The molecule has 1 aliphatic carbocycles. The summed E-state index contributed by atoms with van der Waals surface area (Å²) in [6, 6.07) is 0.423. The maximum Gasteiger partial charge on any atom is 0.0252 e. The lowest BCUT2D eigenvalue weighted by Gasteiger charge is -2.18. The van der Waals surface area contributed by atoms with Crippen molar-refractivity contribution >= 4 is 0 Å². The highest BCUT2D eigenvalue weighted by molar-refractivity contribution is 5.16. The van der Waals surface area contributed by atoms with Crippen LogP contribution in [0.3, 0.4) is 0 Å². The van der Waals surface area contributed by atoms with Crippen LogP contribution in [0.4, 0.5) is 0 Å². The van der Waals surface area contributed by atoms with E-state index in [1.54, 1.807) is 0 Å². The monoisotopic (exact) mass is 210 g/mol. The van der Waals surface area contributed by atoms with E-state index in [4.69, 9.17) is 5.84 Å². The molecule has 1 rings (SSSR count). The lowest BCUT2D eigenvalue weighted by molar-refractivity contribution is 0.383. The molecular formula is C13H26N2. The van der Waals surface area contributed by atoms with Crippen molar-refractivity contribution in [3.8, 4) is 0 Å². The van der Waals surface area contributed by atoms with Gasteiger partial charge in [0.15, 0.2) is 0 Å². The van der Waals surface area contributed by atoms with Crippen LogP contribution < -0.4 is 11.3 Å². The molecule has 0 aromatic carbocycles. The second-order valence-electron chi connectivity index (χ2n) is 6.19. The van der Waals surface area contributed by atoms with Crippen molar-refractivity contribution in [3.05, 3.63) is 12.2 Å². The molecule has 0 aliphatic heterocycles. The summed E-state index contributed by atoms with van der Waals surface area (Å²) < 4.78 is 0. The van der Waals surface area contributed by atoms with Crippen molar-refractivity contribution < 1.29 is 0 Å². The molecule has 0 bridgehead atoms. The minimum Gasteiger partial charge on any atom is -0.271 e. The molecule has 1 fully saturated rings. The molecule has 0 saturated heterocycles. The summed E-state index contributed by atoms with van der Waals surface area (Å²) in [4.78, 5) is 0. The van der Waals surface area contributed by atoms with Crippen molar-refractivity contribution in [1.82, 2.24) is 5.43 Å². The lowest BCUT2D eigenvalue weighted by Crippen LogP contribution is -2.38. The first-order valence-corrected chi connectivity index (χ1v) is 5.85. The van der Waals surface area contributed by atoms with E-state index in [9.17, 15) is 0 Å². The van der Waals surface area contributed by atoms with Crippen LogP contribution in [0.25, 0.3) is 0 Å². The number of rotatable bonds is 5. The van der Waals surface area contributed by atoms with Crippen LogP contribution in [0.1, 0.15) is 47.5 Å². The fraction of sp³-hybridized carbons (Fsp3) is 0.846. The summed E-state index contributed by atoms with van der Waals surface area (Å²) in [5.74, 6) is 6.34. The molecule has 0 heterocycles. The molecule has 0 amide bonds. The van der Waals surface area contributed by atoms with Crippen molar-refractivity contribution in [2.75, 3.05) is 0 Å². The fourth-order valence-electron chi connectivity index (χ4n) is 3.00. The van der Waals surface area contributed by atoms with E-state index in [1.165, 1.54) is 5.57 Å². The van der Waals surface area contributed by atoms with Gasteiger partial charge in [0.2, 0.25) is 0 Å². The molecule has 15 heavy (non-hydrogen) atoms. The van der Waals surface area contributed by atoms with E-state index >= 15 is 0 Å². The van der Waals surface area contributed by atoms with Gasteiger partial charge in [-0.1, -0.05) is 33.3 Å². The smallest absolute Gasteiger partial charge is 0.0252 e. The molecule has 0 aromatic heterocycles. The van der Waals surface area contributed by atoms with Gasteiger partial charge in [0.05, 0.1) is 0 Å². The first-order chi connectivity index (χ1) is 6.75. The highest BCUT2D eigenvalue weighted by atomic mass is 15.2. The zero-order valence-electron chi connectivity index (χ0n) is 10.9. The highest BCUT2D eigenvalue weighted by Gasteiger charge is 2.66. The van der Waals surface area contributed by atoms with Crippen LogP contribution in [0.15, 0.2) is 12.2 Å². The number of hydrazine groups is 1. The average Bonchev–Trinajstić information content (AvgIpc) is 2.48. The Kier molecular flexibility index (Phi) is 3.32. The van der Waals surface area contributed by atoms with Crippen molar-refractivity contribution in [3.63, 3.8) is 0 Å². The Hall–Kier alpha value is -0.340. The van der Waals surface area contributed by atoms with Gasteiger partial charge in [0, 0.05) is 6.04 Å². The summed E-state index contributed by atoms with van der Waals surface area (Å²) in [6.45, 7) is 15.4. The standard InChI is InChI=1S/C13H26N2/c1-9(2)7-8-10(15-14)11-12(3,4)13(11,5)6/h10-11,15H,1,7-8,14H2,2-6H3. The molecule has 3 N–H and O–H groups in total. The van der Waals surface area contributed by atoms with Gasteiger partial charge in [-0.15, -0.1) is 6.58 Å². The molecule has 1 saturated carbocycles. The van der Waals surface area contributed by atoms with Crippen LogP contribution in [-0.4, -0.2) is 6.04 Å². The Labute approximate surface area is 94.3 Å². The third-order valence-corrected chi connectivity index (χ3v) is 4.63. The number of hydrogen-bond donors (Lipinski definition) is 2. The van der Waals surface area contributed by atoms with E-state index in [2.05, 4.69) is 46.6 Å². The van der Waals surface area contributed by atoms with Gasteiger partial charge in [-0.2, -0.15) is 0 Å². The quantitative estimate of drug-likeness (QED) is 0.416. The van der Waals surface area contributed by atoms with Crippen molar-refractivity contribution in [2.24, 2.45) is 22.6 Å². The van der Waals surface area contributed by atoms with Crippen LogP contribution in [-0.2, 0) is 0 Å². The Bertz CT molecular complexity index is 239. The Morgan fingerprint density at radius 2 is 1.80 bits per heavy atom. The van der Waals surface area contributed by atoms with E-state index in [1.807, 2.05) is 0 Å². The summed E-state index contributed by atoms with van der Waals surface area (Å²) in [5, 5.41) is 0. The lowest BCUT2D eigenvalue weighted by atomic mass is 9.98. The van der Waals surface area contributed by atoms with Gasteiger partial charge in [0.1, 0.15) is 0 Å². The Balaban J connectivity index is 2.59. The maximum absolute atomic E-state index is 5.66. The molecule has 1 aliphatic rings. The topological polar surface area (TPSA) is 38.0 Å². The molecule has 1 atom stereocenters. The summed E-state index contributed by atoms with van der Waals surface area (Å²) in [6.07, 6.45) is 2.17. The van der Waals surface area contributed by atoms with Crippen LogP contribution >= 0.6 is 0 Å². The minimum atomic E-state index is 0.402. The Morgan fingerprint density at radius 1 is 1.33 bits per heavy atom. The molecule has 2 heteroatoms. The zero-order valence-corrected chi connectivity index (χ0v) is 10.9. The van der Waals surface area contributed by atoms with Gasteiger partial charge in [-0.25, -0.2) is 0 Å². The first-order valence-electron chi connectivity index (χ1n) is 5.85. The molecule has 0 spiro atoms. The summed E-state index contributed by atoms with van der Waals surface area (Å²) >= 11 is 0. The fourth-order valence-corrected chi connectivity index (χ4v) is 3.00. The number of allylic oxidation sites excluding steroid dienone is 1. The average molecular weight is 210 g/mol. The number of hydrogen-bond acceptors (Lipinski definition) is 2. The molecule has 0 aromatic rings. The van der Waals surface area contributed by atoms with Gasteiger partial charge >= 0.3 is 0 Å². The van der Waals surface area contributed by atoms with E-state index in [-0.39, 0.29) is 0 Å². The molecular weight excluding hydrogens is 184 g/mol. The first kappa shape index (κ1) is 12.7. The van der Waals surface area contributed by atoms with Gasteiger partial charge < -0.3 is 0 Å². The molecule has 0 radical (unpaired) electrons. The maximum atomic E-state index is 5.66. The van der Waals surface area contributed by atoms with Crippen LogP contribution in [0, 0.1) is 16.7 Å². The number of nitrogens with one attached hydrogen (secondary N) is 1. The van der Waals surface area contributed by atoms with E-state index < -0.39 is 0 Å². The van der Waals surface area contributed by atoms with Crippen molar-refractivity contribution in [2.45, 2.75) is 53.5 Å². The predicted octanol–water partition coefficient (Wildman–Crippen LogP) is 2.86. The zero-order chi connectivity index (χ0) is 11.9. The summed E-state index contributed by atoms with van der Waals surface area (Å²) in [5.41, 5.74) is 5.04. The van der Waals surface area contributed by atoms with Gasteiger partial charge in [-0.05, 0) is 36.5 Å². The second-order valence-corrected chi connectivity index (χ2v) is 6.19. The van der Waals surface area contributed by atoms with Crippen molar-refractivity contribution in [1.29, 1.82) is 0 Å². The van der Waals surface area contributed by atoms with Gasteiger partial charge in [0.25, 0.3) is 0 Å². The molecule has 1 unspecified atom stereocenters. The normalized spacial score (nSPS) is 24.9. The SMILES string of the molecule is C=C(C)CCC(NN)C1C(C)(C)C1(C)C. The third-order valence-electron chi connectivity index (χ3n) is 4.63. The molecule has 88 valence electrons. The van der Waals surface area contributed by atoms with E-state index in [0.29, 0.717) is 22.8 Å². The van der Waals surface area contributed by atoms with Gasteiger partial charge in [-0.3, -0.25) is 11.3 Å². The Morgan fingerprint density at radius 3 is 2.07 bits per heavy atom. The largest absolute Gasteiger partial charge is 0.271 e. The van der Waals surface area contributed by atoms with E-state index in [0.717, 1.165) is 12.8 Å². The van der Waals surface area contributed by atoms with Crippen LogP contribution in [0.2, 0.25) is 0 Å². The number of nitrogens with two attached hydrogens (primary N) is 1. The predicted molar refractivity (Wildman–Crippen MR) is 66.2 cm³/mol. The minimum absolute atomic E-state index is 0.402. The third kappa shape index (κ3) is 2.11. The molecule has 2 nitrogen and oxygen atoms in total. The second kappa shape index (κ2) is 3.91. The highest BCUT2D eigenvalue weighted by Crippen LogP contribution is 2.69.